The smallest absolute Gasteiger partial charge is 0.296 e. The first-order valence-electron chi connectivity index (χ1n) is 11.2. The first-order valence-corrected chi connectivity index (χ1v) is 12.7. The molecule has 0 heterocycles. The topological polar surface area (TPSA) is 95.7 Å². The Morgan fingerprint density at radius 3 is 2.00 bits per heavy atom. The molecule has 1 aromatic rings. The summed E-state index contributed by atoms with van der Waals surface area (Å²) >= 11 is 0. The van der Waals surface area contributed by atoms with Gasteiger partial charge in [-0.3, -0.25) is 4.72 Å². The van der Waals surface area contributed by atoms with E-state index in [1.54, 1.807) is 24.3 Å². The fourth-order valence-corrected chi connectivity index (χ4v) is 3.97. The lowest BCUT2D eigenvalue weighted by Gasteiger charge is -2.21. The first kappa shape index (κ1) is 28.9. The molecule has 7 heteroatoms. The molecule has 0 amide bonds. The Morgan fingerprint density at radius 1 is 0.933 bits per heavy atom. The molecule has 0 saturated carbocycles. The fraction of sp³-hybridized carbons (Fsp3) is 0.739. The van der Waals surface area contributed by atoms with E-state index in [4.69, 9.17) is 5.14 Å². The van der Waals surface area contributed by atoms with Gasteiger partial charge in [-0.05, 0) is 56.6 Å². The number of aliphatic hydroxyl groups is 1. The maximum atomic E-state index is 11.0. The second kappa shape index (κ2) is 16.5. The van der Waals surface area contributed by atoms with Gasteiger partial charge in [-0.25, -0.2) is 5.14 Å². The average Bonchev–Trinajstić information content (AvgIpc) is 2.67. The molecule has 0 bridgehead atoms. The number of anilines is 1. The van der Waals surface area contributed by atoms with Crippen LogP contribution in [0.25, 0.3) is 0 Å². The number of hydrogen-bond acceptors (Lipinski definition) is 4. The lowest BCUT2D eigenvalue weighted by molar-refractivity contribution is 0.155. The van der Waals surface area contributed by atoms with Crippen molar-refractivity contribution in [2.24, 2.45) is 5.14 Å². The molecule has 0 radical (unpaired) electrons. The van der Waals surface area contributed by atoms with Gasteiger partial charge in [-0.2, -0.15) is 8.42 Å². The molecule has 176 valence electrons. The monoisotopic (exact) mass is 443 g/mol. The summed E-state index contributed by atoms with van der Waals surface area (Å²) in [5.41, 5.74) is 1.18. The number of benzene rings is 1. The zero-order valence-corrected chi connectivity index (χ0v) is 19.1. The van der Waals surface area contributed by atoms with Gasteiger partial charge < -0.3 is 10.0 Å². The van der Waals surface area contributed by atoms with E-state index in [-0.39, 0.29) is 7.43 Å². The number of nitrogens with two attached hydrogens (primary N) is 1. The van der Waals surface area contributed by atoms with Crippen LogP contribution in [0.2, 0.25) is 0 Å². The Labute approximate surface area is 185 Å². The van der Waals surface area contributed by atoms with Crippen molar-refractivity contribution in [3.8, 4) is 0 Å². The number of nitrogens with one attached hydrogen (secondary N) is 1. The highest BCUT2D eigenvalue weighted by Gasteiger charge is 2.10. The van der Waals surface area contributed by atoms with Crippen LogP contribution in [-0.2, 0) is 10.2 Å². The summed E-state index contributed by atoms with van der Waals surface area (Å²) < 4.78 is 24.3. The van der Waals surface area contributed by atoms with Crippen LogP contribution in [0, 0.1) is 0 Å². The summed E-state index contributed by atoms with van der Waals surface area (Å²) in [6, 6.07) is 6.69. The van der Waals surface area contributed by atoms with Gasteiger partial charge in [0.05, 0.1) is 6.10 Å². The molecular weight excluding hydrogens is 398 g/mol. The zero-order valence-electron chi connectivity index (χ0n) is 18.3. The van der Waals surface area contributed by atoms with Gasteiger partial charge >= 0.3 is 0 Å². The Bertz CT molecular complexity index is 636. The Balaban J connectivity index is 0.00000841. The van der Waals surface area contributed by atoms with Crippen molar-refractivity contribution in [3.63, 3.8) is 0 Å². The highest BCUT2D eigenvalue weighted by atomic mass is 32.2. The Hall–Kier alpha value is -1.15. The highest BCUT2D eigenvalue weighted by Crippen LogP contribution is 2.21. The van der Waals surface area contributed by atoms with Crippen molar-refractivity contribution in [2.75, 3.05) is 24.4 Å². The van der Waals surface area contributed by atoms with Crippen molar-refractivity contribution in [1.29, 1.82) is 0 Å². The molecule has 1 atom stereocenters. The summed E-state index contributed by atoms with van der Waals surface area (Å²) in [4.78, 5) is 2.46. The van der Waals surface area contributed by atoms with Gasteiger partial charge in [-0.15, -0.1) is 0 Å². The van der Waals surface area contributed by atoms with E-state index in [0.29, 0.717) is 12.1 Å². The summed E-state index contributed by atoms with van der Waals surface area (Å²) in [6.45, 7) is 7.62. The summed E-state index contributed by atoms with van der Waals surface area (Å²) in [6.07, 6.45) is 11.8. The maximum Gasteiger partial charge on any atom is 0.296 e. The molecule has 0 aliphatic heterocycles. The minimum Gasteiger partial charge on any atom is -0.388 e. The van der Waals surface area contributed by atoms with Crippen molar-refractivity contribution in [2.45, 2.75) is 91.6 Å². The molecule has 0 fully saturated rings. The number of aliphatic hydroxyl groups excluding tert-OH is 1. The van der Waals surface area contributed by atoms with Crippen molar-refractivity contribution < 1.29 is 13.5 Å². The van der Waals surface area contributed by atoms with E-state index < -0.39 is 16.3 Å². The number of nitrogens with zero attached hydrogens (tertiary/aromatic N) is 1. The molecule has 4 N–H and O–H groups in total. The number of rotatable bonds is 17. The molecule has 0 saturated heterocycles. The van der Waals surface area contributed by atoms with E-state index in [1.807, 2.05) is 0 Å². The number of unbranched alkanes of at least 4 members (excludes halogenated alkanes) is 7. The minimum absolute atomic E-state index is 0. The van der Waals surface area contributed by atoms with Crippen LogP contribution in [0.1, 0.15) is 97.1 Å². The van der Waals surface area contributed by atoms with Crippen LogP contribution >= 0.6 is 0 Å². The fourth-order valence-electron chi connectivity index (χ4n) is 3.51. The molecule has 1 unspecified atom stereocenters. The standard InChI is InChI=1S/C22H41N3O3S.CH4/c1-3-5-6-7-8-9-10-11-18-25(4-2)19-12-13-22(26)20-14-16-21(17-15-20)24-29(23,27)28;/h14-17,22,24,26H,3-13,18-19H2,1-2H3,(H2,23,27,28);1H4. The van der Waals surface area contributed by atoms with Crippen LogP contribution in [0.5, 0.6) is 0 Å². The molecule has 1 aromatic carbocycles. The van der Waals surface area contributed by atoms with E-state index >= 15 is 0 Å². The molecule has 0 aliphatic rings. The molecule has 0 aromatic heterocycles. The van der Waals surface area contributed by atoms with Crippen molar-refractivity contribution in [1.82, 2.24) is 4.90 Å². The second-order valence-electron chi connectivity index (χ2n) is 7.84. The molecular formula is C23H45N3O3S. The van der Waals surface area contributed by atoms with Crippen LogP contribution in [0.15, 0.2) is 24.3 Å². The summed E-state index contributed by atoms with van der Waals surface area (Å²) in [5, 5.41) is 15.3. The molecule has 0 spiro atoms. The average molecular weight is 444 g/mol. The summed E-state index contributed by atoms with van der Waals surface area (Å²) in [7, 11) is -3.77. The second-order valence-corrected chi connectivity index (χ2v) is 9.13. The van der Waals surface area contributed by atoms with Gasteiger partial charge in [0.15, 0.2) is 0 Å². The highest BCUT2D eigenvalue weighted by molar-refractivity contribution is 7.90. The van der Waals surface area contributed by atoms with Gasteiger partial charge in [0.1, 0.15) is 0 Å². The number of hydrogen-bond donors (Lipinski definition) is 3. The third-order valence-electron chi connectivity index (χ3n) is 5.28. The van der Waals surface area contributed by atoms with E-state index in [9.17, 15) is 13.5 Å². The van der Waals surface area contributed by atoms with Gasteiger partial charge in [-0.1, -0.05) is 78.4 Å². The van der Waals surface area contributed by atoms with Gasteiger partial charge in [0.25, 0.3) is 10.2 Å². The van der Waals surface area contributed by atoms with Gasteiger partial charge in [0.2, 0.25) is 0 Å². The zero-order chi connectivity index (χ0) is 21.5. The normalized spacial score (nSPS) is 12.6. The van der Waals surface area contributed by atoms with Crippen LogP contribution in [-0.4, -0.2) is 38.1 Å². The predicted molar refractivity (Wildman–Crippen MR) is 129 cm³/mol. The lowest BCUT2D eigenvalue weighted by Crippen LogP contribution is -2.26. The largest absolute Gasteiger partial charge is 0.388 e. The minimum atomic E-state index is -3.77. The first-order chi connectivity index (χ1) is 13.9. The van der Waals surface area contributed by atoms with E-state index in [2.05, 4.69) is 23.5 Å². The van der Waals surface area contributed by atoms with Crippen LogP contribution in [0.4, 0.5) is 5.69 Å². The van der Waals surface area contributed by atoms with E-state index in [0.717, 1.165) is 31.6 Å². The Morgan fingerprint density at radius 2 is 1.47 bits per heavy atom. The summed E-state index contributed by atoms with van der Waals surface area (Å²) in [5.74, 6) is 0. The van der Waals surface area contributed by atoms with Crippen LogP contribution < -0.4 is 9.86 Å². The molecule has 1 rings (SSSR count). The third kappa shape index (κ3) is 14.0. The van der Waals surface area contributed by atoms with Gasteiger partial charge in [0, 0.05) is 5.69 Å². The van der Waals surface area contributed by atoms with Crippen LogP contribution in [0.3, 0.4) is 0 Å². The van der Waals surface area contributed by atoms with Crippen molar-refractivity contribution >= 4 is 15.9 Å². The molecule has 6 nitrogen and oxygen atoms in total. The molecule has 0 aliphatic carbocycles. The quantitative estimate of drug-likeness (QED) is 0.288. The third-order valence-corrected chi connectivity index (χ3v) is 5.80. The molecule has 30 heavy (non-hydrogen) atoms. The van der Waals surface area contributed by atoms with E-state index in [1.165, 1.54) is 51.4 Å². The van der Waals surface area contributed by atoms with Crippen molar-refractivity contribution in [3.05, 3.63) is 29.8 Å². The lowest BCUT2D eigenvalue weighted by atomic mass is 10.0. The predicted octanol–water partition coefficient (Wildman–Crippen LogP) is 5.21. The SMILES string of the molecule is C.CCCCCCCCCCN(CC)CCCC(O)c1ccc(NS(N)(=O)=O)cc1. The maximum absolute atomic E-state index is 11.0. The Kier molecular flexibility index (Phi) is 15.9.